The van der Waals surface area contributed by atoms with Gasteiger partial charge in [0.15, 0.2) is 6.29 Å². The summed E-state index contributed by atoms with van der Waals surface area (Å²) in [5.74, 6) is 0.511. The van der Waals surface area contributed by atoms with Crippen molar-refractivity contribution in [1.29, 1.82) is 0 Å². The van der Waals surface area contributed by atoms with Gasteiger partial charge < -0.3 is 10.2 Å². The third kappa shape index (κ3) is 5.29. The summed E-state index contributed by atoms with van der Waals surface area (Å²) >= 11 is 5.54. The molecule has 0 heterocycles. The molecular formula is C10H19ClO2. The fourth-order valence-corrected chi connectivity index (χ4v) is 1.47. The van der Waals surface area contributed by atoms with Gasteiger partial charge in [0, 0.05) is 11.8 Å². The molecule has 0 spiro atoms. The fourth-order valence-electron chi connectivity index (χ4n) is 1.28. The molecule has 0 saturated heterocycles. The number of halogens is 1. The lowest BCUT2D eigenvalue weighted by Crippen LogP contribution is -2.20. The SMILES string of the molecule is C/C=C(\C)C(CCCCCl)C(O)O. The Balaban J connectivity index is 3.96. The van der Waals surface area contributed by atoms with Crippen LogP contribution in [0.1, 0.15) is 33.1 Å². The summed E-state index contributed by atoms with van der Waals surface area (Å²) in [7, 11) is 0. The van der Waals surface area contributed by atoms with E-state index in [9.17, 15) is 0 Å². The maximum atomic E-state index is 9.09. The average molecular weight is 207 g/mol. The Kier molecular flexibility index (Phi) is 7.33. The molecule has 0 fully saturated rings. The molecule has 2 N–H and O–H groups in total. The van der Waals surface area contributed by atoms with E-state index in [4.69, 9.17) is 21.8 Å². The molecule has 0 amide bonds. The van der Waals surface area contributed by atoms with Gasteiger partial charge in [-0.1, -0.05) is 18.1 Å². The van der Waals surface area contributed by atoms with Crippen molar-refractivity contribution in [2.24, 2.45) is 5.92 Å². The minimum atomic E-state index is -1.24. The third-order valence-electron chi connectivity index (χ3n) is 2.30. The summed E-state index contributed by atoms with van der Waals surface area (Å²) < 4.78 is 0. The Morgan fingerprint density at radius 3 is 2.38 bits per heavy atom. The fraction of sp³-hybridized carbons (Fsp3) is 0.800. The van der Waals surface area contributed by atoms with Crippen molar-refractivity contribution in [2.45, 2.75) is 39.4 Å². The van der Waals surface area contributed by atoms with Gasteiger partial charge in [0.2, 0.25) is 0 Å². The molecule has 0 aromatic carbocycles. The van der Waals surface area contributed by atoms with E-state index in [0.29, 0.717) is 5.88 Å². The van der Waals surface area contributed by atoms with Crippen LogP contribution in [0.2, 0.25) is 0 Å². The van der Waals surface area contributed by atoms with E-state index in [-0.39, 0.29) is 5.92 Å². The van der Waals surface area contributed by atoms with Crippen LogP contribution in [0.3, 0.4) is 0 Å². The van der Waals surface area contributed by atoms with Gasteiger partial charge in [0.25, 0.3) is 0 Å². The van der Waals surface area contributed by atoms with Crippen LogP contribution in [0.4, 0.5) is 0 Å². The highest BCUT2D eigenvalue weighted by Gasteiger charge is 2.17. The van der Waals surface area contributed by atoms with Crippen LogP contribution >= 0.6 is 11.6 Å². The summed E-state index contributed by atoms with van der Waals surface area (Å²) in [5.41, 5.74) is 1.03. The highest BCUT2D eigenvalue weighted by Crippen LogP contribution is 2.20. The van der Waals surface area contributed by atoms with Crippen LogP contribution in [-0.4, -0.2) is 22.4 Å². The first kappa shape index (κ1) is 12.9. The summed E-state index contributed by atoms with van der Waals surface area (Å²) in [6, 6.07) is 0. The second-order valence-electron chi connectivity index (χ2n) is 3.24. The second kappa shape index (κ2) is 7.36. The third-order valence-corrected chi connectivity index (χ3v) is 2.57. The molecule has 0 rings (SSSR count). The highest BCUT2D eigenvalue weighted by molar-refractivity contribution is 6.17. The Hall–Kier alpha value is -0.0500. The van der Waals surface area contributed by atoms with Crippen LogP contribution in [0.5, 0.6) is 0 Å². The molecule has 3 heteroatoms. The molecule has 1 atom stereocenters. The molecule has 1 unspecified atom stereocenters. The van der Waals surface area contributed by atoms with E-state index >= 15 is 0 Å². The van der Waals surface area contributed by atoms with Gasteiger partial charge in [-0.25, -0.2) is 0 Å². The number of unbranched alkanes of at least 4 members (excludes halogenated alkanes) is 1. The Morgan fingerprint density at radius 1 is 1.38 bits per heavy atom. The Morgan fingerprint density at radius 2 is 2.00 bits per heavy atom. The minimum absolute atomic E-state index is 0.131. The average Bonchev–Trinajstić information content (AvgIpc) is 2.11. The highest BCUT2D eigenvalue weighted by atomic mass is 35.5. The summed E-state index contributed by atoms with van der Waals surface area (Å²) in [5, 5.41) is 18.2. The lowest BCUT2D eigenvalue weighted by Gasteiger charge is -2.19. The molecule has 0 aromatic heterocycles. The molecule has 0 radical (unpaired) electrons. The normalized spacial score (nSPS) is 15.1. The number of allylic oxidation sites excluding steroid dienone is 1. The van der Waals surface area contributed by atoms with E-state index in [1.54, 1.807) is 0 Å². The predicted octanol–water partition coefficient (Wildman–Crippen LogP) is 2.29. The van der Waals surface area contributed by atoms with Crippen molar-refractivity contribution in [1.82, 2.24) is 0 Å². The van der Waals surface area contributed by atoms with Crippen molar-refractivity contribution in [3.05, 3.63) is 11.6 Å². The molecule has 0 aliphatic heterocycles. The second-order valence-corrected chi connectivity index (χ2v) is 3.62. The summed E-state index contributed by atoms with van der Waals surface area (Å²) in [4.78, 5) is 0. The Bertz CT molecular complexity index is 155. The monoisotopic (exact) mass is 206 g/mol. The lowest BCUT2D eigenvalue weighted by atomic mass is 9.94. The largest absolute Gasteiger partial charge is 0.368 e. The van der Waals surface area contributed by atoms with Gasteiger partial charge in [0.1, 0.15) is 0 Å². The number of aliphatic hydroxyl groups excluding tert-OH is 1. The standard InChI is InChI=1S/C10H19ClO2/c1-3-8(2)9(10(12)13)6-4-5-7-11/h3,9-10,12-13H,4-7H2,1-2H3/b8-3+. The summed E-state index contributed by atoms with van der Waals surface area (Å²) in [6.07, 6.45) is 3.34. The molecule has 2 nitrogen and oxygen atoms in total. The van der Waals surface area contributed by atoms with Gasteiger partial charge in [-0.05, 0) is 26.7 Å². The van der Waals surface area contributed by atoms with Crippen molar-refractivity contribution in [2.75, 3.05) is 5.88 Å². The van der Waals surface area contributed by atoms with Gasteiger partial charge in [-0.2, -0.15) is 0 Å². The van der Waals surface area contributed by atoms with E-state index in [1.807, 2.05) is 19.9 Å². The number of rotatable bonds is 6. The zero-order chi connectivity index (χ0) is 10.3. The molecule has 0 aliphatic rings. The van der Waals surface area contributed by atoms with Crippen LogP contribution in [-0.2, 0) is 0 Å². The van der Waals surface area contributed by atoms with Gasteiger partial charge in [-0.15, -0.1) is 11.6 Å². The number of alkyl halides is 1. The van der Waals surface area contributed by atoms with Crippen molar-refractivity contribution in [3.8, 4) is 0 Å². The van der Waals surface area contributed by atoms with Crippen LogP contribution in [0.15, 0.2) is 11.6 Å². The minimum Gasteiger partial charge on any atom is -0.368 e. The van der Waals surface area contributed by atoms with Gasteiger partial charge in [-0.3, -0.25) is 0 Å². The molecule has 0 bridgehead atoms. The molecule has 0 saturated carbocycles. The zero-order valence-corrected chi connectivity index (χ0v) is 9.09. The van der Waals surface area contributed by atoms with Crippen molar-refractivity contribution >= 4 is 11.6 Å². The predicted molar refractivity (Wildman–Crippen MR) is 55.7 cm³/mol. The van der Waals surface area contributed by atoms with E-state index in [1.165, 1.54) is 0 Å². The smallest absolute Gasteiger partial charge is 0.158 e. The molecule has 0 aromatic rings. The topological polar surface area (TPSA) is 40.5 Å². The number of hydrogen-bond donors (Lipinski definition) is 2. The van der Waals surface area contributed by atoms with Gasteiger partial charge >= 0.3 is 0 Å². The quantitative estimate of drug-likeness (QED) is 0.303. The van der Waals surface area contributed by atoms with Gasteiger partial charge in [0.05, 0.1) is 0 Å². The van der Waals surface area contributed by atoms with Crippen molar-refractivity contribution in [3.63, 3.8) is 0 Å². The van der Waals surface area contributed by atoms with Crippen LogP contribution in [0, 0.1) is 5.92 Å². The first-order chi connectivity index (χ1) is 6.13. The van der Waals surface area contributed by atoms with E-state index in [2.05, 4.69) is 0 Å². The summed E-state index contributed by atoms with van der Waals surface area (Å²) in [6.45, 7) is 3.83. The first-order valence-electron chi connectivity index (χ1n) is 4.68. The molecule has 0 aliphatic carbocycles. The van der Waals surface area contributed by atoms with Crippen LogP contribution < -0.4 is 0 Å². The van der Waals surface area contributed by atoms with E-state index in [0.717, 1.165) is 24.8 Å². The maximum absolute atomic E-state index is 9.09. The van der Waals surface area contributed by atoms with Crippen molar-refractivity contribution < 1.29 is 10.2 Å². The van der Waals surface area contributed by atoms with E-state index < -0.39 is 6.29 Å². The number of hydrogen-bond acceptors (Lipinski definition) is 2. The lowest BCUT2D eigenvalue weighted by molar-refractivity contribution is -0.0753. The molecule has 78 valence electrons. The zero-order valence-electron chi connectivity index (χ0n) is 8.33. The number of aliphatic hydroxyl groups is 2. The molecular weight excluding hydrogens is 188 g/mol. The van der Waals surface area contributed by atoms with Crippen LogP contribution in [0.25, 0.3) is 0 Å². The maximum Gasteiger partial charge on any atom is 0.158 e. The Labute approximate surface area is 85.2 Å². The molecule has 13 heavy (non-hydrogen) atoms. The first-order valence-corrected chi connectivity index (χ1v) is 5.21.